The van der Waals surface area contributed by atoms with Gasteiger partial charge in [0.15, 0.2) is 0 Å². The van der Waals surface area contributed by atoms with Gasteiger partial charge < -0.3 is 15.3 Å². The topological polar surface area (TPSA) is 86.7 Å². The van der Waals surface area contributed by atoms with E-state index in [0.29, 0.717) is 5.92 Å². The van der Waals surface area contributed by atoms with Gasteiger partial charge in [-0.05, 0) is 43.9 Å². The number of hydrogen-bond acceptors (Lipinski definition) is 3. The molecule has 0 spiro atoms. The molecule has 1 aliphatic carbocycles. The van der Waals surface area contributed by atoms with Crippen molar-refractivity contribution in [1.82, 2.24) is 10.2 Å². The number of amides is 2. The van der Waals surface area contributed by atoms with Crippen molar-refractivity contribution in [1.29, 1.82) is 0 Å². The molecule has 2 N–H and O–H groups in total. The summed E-state index contributed by atoms with van der Waals surface area (Å²) in [5, 5.41) is 11.9. The molecule has 0 bridgehead atoms. The molecule has 0 unspecified atom stereocenters. The van der Waals surface area contributed by atoms with Crippen LogP contribution in [0.1, 0.15) is 87.0 Å². The number of nitrogens with zero attached hydrogens (tertiary/aromatic N) is 1. The van der Waals surface area contributed by atoms with Crippen LogP contribution in [0.3, 0.4) is 0 Å². The summed E-state index contributed by atoms with van der Waals surface area (Å²) in [7, 11) is 1.66. The van der Waals surface area contributed by atoms with E-state index in [0.717, 1.165) is 25.2 Å². The summed E-state index contributed by atoms with van der Waals surface area (Å²) >= 11 is 0. The second-order valence-electron chi connectivity index (χ2n) is 9.76. The SMILES string of the molecule is CC(C)C.CC[C@H](C(=O)NCC(=O)N(C)[C@H](/C=C(\C)C(=O)O)C(C)C)C1CCCCC1. The van der Waals surface area contributed by atoms with Crippen molar-refractivity contribution in [3.8, 4) is 0 Å². The maximum absolute atomic E-state index is 12.6. The molecule has 1 rings (SSSR count). The highest BCUT2D eigenvalue weighted by molar-refractivity contribution is 5.87. The Kier molecular flexibility index (Phi) is 14.1. The average Bonchev–Trinajstić information content (AvgIpc) is 2.70. The smallest absolute Gasteiger partial charge is 0.331 e. The number of rotatable bonds is 9. The van der Waals surface area contributed by atoms with Gasteiger partial charge in [0.25, 0.3) is 0 Å². The summed E-state index contributed by atoms with van der Waals surface area (Å²) in [6, 6.07) is -0.328. The van der Waals surface area contributed by atoms with Crippen molar-refractivity contribution >= 4 is 17.8 Å². The molecule has 0 aromatic heterocycles. The Morgan fingerprint density at radius 1 is 1.06 bits per heavy atom. The van der Waals surface area contributed by atoms with E-state index < -0.39 is 5.97 Å². The van der Waals surface area contributed by atoms with Crippen LogP contribution in [0.4, 0.5) is 0 Å². The summed E-state index contributed by atoms with van der Waals surface area (Å²) in [6.07, 6.45) is 8.18. The summed E-state index contributed by atoms with van der Waals surface area (Å²) in [5.41, 5.74) is 0.209. The Morgan fingerprint density at radius 2 is 1.58 bits per heavy atom. The number of nitrogens with one attached hydrogen (secondary N) is 1. The van der Waals surface area contributed by atoms with Crippen molar-refractivity contribution in [2.75, 3.05) is 13.6 Å². The van der Waals surface area contributed by atoms with Gasteiger partial charge in [-0.1, -0.05) is 66.9 Å². The van der Waals surface area contributed by atoms with Crippen LogP contribution < -0.4 is 5.32 Å². The van der Waals surface area contributed by atoms with E-state index in [1.807, 2.05) is 20.8 Å². The molecule has 0 radical (unpaired) electrons. The van der Waals surface area contributed by atoms with E-state index in [-0.39, 0.29) is 41.8 Å². The fourth-order valence-corrected chi connectivity index (χ4v) is 3.93. The lowest BCUT2D eigenvalue weighted by atomic mass is 9.78. The first kappa shape index (κ1) is 29.1. The predicted octanol–water partition coefficient (Wildman–Crippen LogP) is 4.89. The largest absolute Gasteiger partial charge is 0.478 e. The quantitative estimate of drug-likeness (QED) is 0.502. The molecule has 180 valence electrons. The average molecular weight is 439 g/mol. The first-order chi connectivity index (χ1) is 14.4. The van der Waals surface area contributed by atoms with Crippen molar-refractivity contribution in [3.63, 3.8) is 0 Å². The third kappa shape index (κ3) is 11.4. The lowest BCUT2D eigenvalue weighted by Crippen LogP contribution is -2.46. The molecular weight excluding hydrogens is 392 g/mol. The number of carboxylic acids is 1. The minimum atomic E-state index is -0.993. The molecule has 0 aromatic carbocycles. The van der Waals surface area contributed by atoms with Crippen LogP contribution in [0.25, 0.3) is 0 Å². The molecule has 0 aromatic rings. The third-order valence-corrected chi connectivity index (χ3v) is 5.69. The Hall–Kier alpha value is -1.85. The zero-order chi connectivity index (χ0) is 24.1. The van der Waals surface area contributed by atoms with Gasteiger partial charge in [0.1, 0.15) is 0 Å². The molecule has 0 heterocycles. The molecule has 2 atom stereocenters. The van der Waals surface area contributed by atoms with Gasteiger partial charge in [-0.2, -0.15) is 0 Å². The lowest BCUT2D eigenvalue weighted by Gasteiger charge is -2.31. The Bertz CT molecular complexity index is 590. The van der Waals surface area contributed by atoms with Crippen LogP contribution in [-0.2, 0) is 14.4 Å². The maximum Gasteiger partial charge on any atom is 0.331 e. The number of likely N-dealkylation sites (N-methyl/N-ethyl adjacent to an activating group) is 1. The van der Waals surface area contributed by atoms with E-state index >= 15 is 0 Å². The number of aliphatic carboxylic acids is 1. The van der Waals surface area contributed by atoms with Crippen molar-refractivity contribution in [2.24, 2.45) is 23.7 Å². The summed E-state index contributed by atoms with van der Waals surface area (Å²) in [4.78, 5) is 37.8. The van der Waals surface area contributed by atoms with Gasteiger partial charge in [0.05, 0.1) is 12.6 Å². The van der Waals surface area contributed by atoms with Gasteiger partial charge in [0.2, 0.25) is 11.8 Å². The molecule has 0 saturated heterocycles. The highest BCUT2D eigenvalue weighted by atomic mass is 16.4. The molecule has 1 saturated carbocycles. The first-order valence-corrected chi connectivity index (χ1v) is 11.9. The zero-order valence-electron chi connectivity index (χ0n) is 21.0. The summed E-state index contributed by atoms with van der Waals surface area (Å²) < 4.78 is 0. The van der Waals surface area contributed by atoms with Gasteiger partial charge in [-0.3, -0.25) is 9.59 Å². The van der Waals surface area contributed by atoms with Crippen LogP contribution in [0.15, 0.2) is 11.6 Å². The van der Waals surface area contributed by atoms with Crippen LogP contribution in [0.2, 0.25) is 0 Å². The Labute approximate surface area is 189 Å². The van der Waals surface area contributed by atoms with E-state index in [4.69, 9.17) is 5.11 Å². The monoisotopic (exact) mass is 438 g/mol. The van der Waals surface area contributed by atoms with Crippen LogP contribution in [-0.4, -0.2) is 47.4 Å². The van der Waals surface area contributed by atoms with Crippen LogP contribution >= 0.6 is 0 Å². The molecular formula is C25H46N2O4. The van der Waals surface area contributed by atoms with Crippen LogP contribution in [0.5, 0.6) is 0 Å². The first-order valence-electron chi connectivity index (χ1n) is 11.9. The molecule has 1 fully saturated rings. The van der Waals surface area contributed by atoms with E-state index in [9.17, 15) is 14.4 Å². The van der Waals surface area contributed by atoms with Gasteiger partial charge in [-0.25, -0.2) is 4.79 Å². The normalized spacial score (nSPS) is 16.9. The van der Waals surface area contributed by atoms with Crippen molar-refractivity contribution in [2.45, 2.75) is 93.0 Å². The molecule has 2 amide bonds. The lowest BCUT2D eigenvalue weighted by molar-refractivity contribution is -0.135. The minimum absolute atomic E-state index is 0.0292. The standard InChI is InChI=1S/C21H36N2O4.C4H10/c1-6-17(16-10-8-7-9-11-16)20(25)22-13-19(24)23(5)18(14(2)3)12-15(4)21(26)27;1-4(2)3/h12,14,16-18H,6-11,13H2,1-5H3,(H,22,25)(H,26,27);4H,1-3H3/b15-12+;/t17-,18+;/m0./s1. The van der Waals surface area contributed by atoms with Crippen molar-refractivity contribution in [3.05, 3.63) is 11.6 Å². The fourth-order valence-electron chi connectivity index (χ4n) is 3.93. The number of hydrogen-bond donors (Lipinski definition) is 2. The number of carboxylic acid groups (broad SMARTS) is 1. The molecule has 6 heteroatoms. The van der Waals surface area contributed by atoms with Gasteiger partial charge in [-0.15, -0.1) is 0 Å². The van der Waals surface area contributed by atoms with E-state index in [2.05, 4.69) is 26.1 Å². The predicted molar refractivity (Wildman–Crippen MR) is 127 cm³/mol. The van der Waals surface area contributed by atoms with Gasteiger partial charge >= 0.3 is 5.97 Å². The third-order valence-electron chi connectivity index (χ3n) is 5.69. The highest BCUT2D eigenvalue weighted by Gasteiger charge is 2.29. The summed E-state index contributed by atoms with van der Waals surface area (Å²) in [5.74, 6) is 0.0433. The molecule has 6 nitrogen and oxygen atoms in total. The Morgan fingerprint density at radius 3 is 2.00 bits per heavy atom. The van der Waals surface area contributed by atoms with Crippen LogP contribution in [0, 0.1) is 23.7 Å². The van der Waals surface area contributed by atoms with E-state index in [1.165, 1.54) is 31.1 Å². The van der Waals surface area contributed by atoms with Crippen molar-refractivity contribution < 1.29 is 19.5 Å². The maximum atomic E-state index is 12.6. The van der Waals surface area contributed by atoms with Gasteiger partial charge in [0, 0.05) is 18.5 Å². The molecule has 1 aliphatic rings. The second-order valence-corrected chi connectivity index (χ2v) is 9.76. The van der Waals surface area contributed by atoms with E-state index in [1.54, 1.807) is 13.1 Å². The highest BCUT2D eigenvalue weighted by Crippen LogP contribution is 2.31. The minimum Gasteiger partial charge on any atom is -0.478 e. The Balaban J connectivity index is 0.00000206. The zero-order valence-corrected chi connectivity index (χ0v) is 21.0. The number of carbonyl (C=O) groups is 3. The molecule has 31 heavy (non-hydrogen) atoms. The fraction of sp³-hybridized carbons (Fsp3) is 0.800. The second kappa shape index (κ2) is 15.0. The summed E-state index contributed by atoms with van der Waals surface area (Å²) in [6.45, 7) is 13.9. The molecule has 0 aliphatic heterocycles. The number of carbonyl (C=O) groups excluding carboxylic acids is 2.